The molecule has 0 fully saturated rings. The number of carbonyl (C=O) groups excluding carboxylic acids is 2. The summed E-state index contributed by atoms with van der Waals surface area (Å²) in [4.78, 5) is 32.4. The quantitative estimate of drug-likeness (QED) is 0.713. The van der Waals surface area contributed by atoms with E-state index in [9.17, 15) is 9.59 Å². The number of rotatable bonds is 7. The molecule has 3 heterocycles. The molecule has 0 unspecified atom stereocenters. The summed E-state index contributed by atoms with van der Waals surface area (Å²) < 4.78 is 4.92. The van der Waals surface area contributed by atoms with Gasteiger partial charge in [0, 0.05) is 38.0 Å². The summed E-state index contributed by atoms with van der Waals surface area (Å²) in [5.41, 5.74) is 1.02. The van der Waals surface area contributed by atoms with Crippen molar-refractivity contribution in [2.75, 3.05) is 38.7 Å². The van der Waals surface area contributed by atoms with Crippen molar-refractivity contribution in [2.24, 2.45) is 0 Å². The largest absolute Gasteiger partial charge is 0.383 e. The first kappa shape index (κ1) is 18.0. The first-order chi connectivity index (χ1) is 12.2. The van der Waals surface area contributed by atoms with Crippen molar-refractivity contribution >= 4 is 39.6 Å². The summed E-state index contributed by atoms with van der Waals surface area (Å²) in [5.74, 6) is -0.133. The van der Waals surface area contributed by atoms with Crippen molar-refractivity contribution in [1.82, 2.24) is 15.2 Å². The number of fused-ring (bicyclic) bond motifs is 1. The summed E-state index contributed by atoms with van der Waals surface area (Å²) in [6, 6.07) is 3.64. The Labute approximate surface area is 154 Å². The average Bonchev–Trinajstić information content (AvgIpc) is 3.23. The normalized spacial score (nSPS) is 14.1. The highest BCUT2D eigenvalue weighted by atomic mass is 32.1. The van der Waals surface area contributed by atoms with Crippen molar-refractivity contribution in [2.45, 2.75) is 13.0 Å². The number of ether oxygens (including phenoxy) is 1. The van der Waals surface area contributed by atoms with Gasteiger partial charge in [0.15, 0.2) is 5.13 Å². The van der Waals surface area contributed by atoms with Crippen molar-refractivity contribution < 1.29 is 14.3 Å². The molecule has 2 aromatic heterocycles. The lowest BCUT2D eigenvalue weighted by Crippen LogP contribution is -2.40. The van der Waals surface area contributed by atoms with Crippen LogP contribution in [-0.2, 0) is 22.5 Å². The summed E-state index contributed by atoms with van der Waals surface area (Å²) in [5, 5.41) is 8.18. The Balaban J connectivity index is 1.54. The van der Waals surface area contributed by atoms with Crippen LogP contribution in [-0.4, -0.2) is 55.0 Å². The van der Waals surface area contributed by atoms with Gasteiger partial charge in [0.1, 0.15) is 0 Å². The number of amides is 2. The molecular formula is C16H20N4O3S2. The molecule has 0 saturated carbocycles. The number of thiazole rings is 1. The zero-order chi connectivity index (χ0) is 17.6. The predicted molar refractivity (Wildman–Crippen MR) is 98.3 cm³/mol. The molecule has 25 heavy (non-hydrogen) atoms. The van der Waals surface area contributed by atoms with E-state index in [0.29, 0.717) is 36.2 Å². The standard InChI is InChI=1S/C16H20N4O3S2/c1-23-7-5-17-14(21)10-20-6-4-11-13(9-20)25-16(18-11)19-15(22)12-3-2-8-24-12/h2-3,8H,4-7,9-10H2,1H3,(H,17,21)(H,18,19,22). The van der Waals surface area contributed by atoms with Crippen LogP contribution in [0.3, 0.4) is 0 Å². The van der Waals surface area contributed by atoms with Gasteiger partial charge in [-0.15, -0.1) is 22.7 Å². The van der Waals surface area contributed by atoms with E-state index in [4.69, 9.17) is 4.74 Å². The van der Waals surface area contributed by atoms with Gasteiger partial charge in [-0.1, -0.05) is 6.07 Å². The predicted octanol–water partition coefficient (Wildman–Crippen LogP) is 1.58. The number of methoxy groups -OCH3 is 1. The second-order valence-electron chi connectivity index (χ2n) is 5.62. The van der Waals surface area contributed by atoms with E-state index >= 15 is 0 Å². The second kappa shape index (κ2) is 8.52. The molecule has 3 rings (SSSR count). The van der Waals surface area contributed by atoms with E-state index in [1.165, 1.54) is 22.7 Å². The van der Waals surface area contributed by atoms with Gasteiger partial charge in [0.25, 0.3) is 5.91 Å². The number of aromatic nitrogens is 1. The smallest absolute Gasteiger partial charge is 0.267 e. The van der Waals surface area contributed by atoms with Gasteiger partial charge in [-0.3, -0.25) is 19.8 Å². The third-order valence-corrected chi connectivity index (χ3v) is 5.64. The molecule has 2 N–H and O–H groups in total. The van der Waals surface area contributed by atoms with Gasteiger partial charge < -0.3 is 10.1 Å². The van der Waals surface area contributed by atoms with Gasteiger partial charge in [0.2, 0.25) is 5.91 Å². The molecule has 1 aliphatic rings. The van der Waals surface area contributed by atoms with E-state index in [2.05, 4.69) is 20.5 Å². The fraction of sp³-hybridized carbons (Fsp3) is 0.438. The molecule has 0 radical (unpaired) electrons. The SMILES string of the molecule is COCCNC(=O)CN1CCc2nc(NC(=O)c3cccs3)sc2C1. The minimum Gasteiger partial charge on any atom is -0.383 e. The highest BCUT2D eigenvalue weighted by molar-refractivity contribution is 7.16. The van der Waals surface area contributed by atoms with Crippen LogP contribution < -0.4 is 10.6 Å². The van der Waals surface area contributed by atoms with E-state index in [1.807, 2.05) is 11.4 Å². The van der Waals surface area contributed by atoms with Crippen molar-refractivity contribution in [3.8, 4) is 0 Å². The summed E-state index contributed by atoms with van der Waals surface area (Å²) >= 11 is 2.89. The lowest BCUT2D eigenvalue weighted by atomic mass is 10.2. The van der Waals surface area contributed by atoms with Crippen molar-refractivity contribution in [3.63, 3.8) is 0 Å². The highest BCUT2D eigenvalue weighted by Crippen LogP contribution is 2.28. The number of thiophene rings is 1. The molecular weight excluding hydrogens is 360 g/mol. The molecule has 0 aromatic carbocycles. The Morgan fingerprint density at radius 1 is 1.44 bits per heavy atom. The Morgan fingerprint density at radius 3 is 3.08 bits per heavy atom. The Bertz CT molecular complexity index is 730. The van der Waals surface area contributed by atoms with Crippen LogP contribution in [0, 0.1) is 0 Å². The zero-order valence-electron chi connectivity index (χ0n) is 13.9. The molecule has 0 aliphatic carbocycles. The van der Waals surface area contributed by atoms with Gasteiger partial charge >= 0.3 is 0 Å². The molecule has 134 valence electrons. The number of carbonyl (C=O) groups is 2. The topological polar surface area (TPSA) is 83.6 Å². The third kappa shape index (κ3) is 4.85. The maximum absolute atomic E-state index is 12.1. The molecule has 7 nitrogen and oxygen atoms in total. The summed E-state index contributed by atoms with van der Waals surface area (Å²) in [6.07, 6.45) is 0.784. The molecule has 1 aliphatic heterocycles. The minimum atomic E-state index is -0.129. The lowest BCUT2D eigenvalue weighted by molar-refractivity contribution is -0.122. The molecule has 0 saturated heterocycles. The van der Waals surface area contributed by atoms with Crippen LogP contribution >= 0.6 is 22.7 Å². The lowest BCUT2D eigenvalue weighted by Gasteiger charge is -2.25. The molecule has 2 aromatic rings. The van der Waals surface area contributed by atoms with Gasteiger partial charge in [0.05, 0.1) is 23.7 Å². The first-order valence-electron chi connectivity index (χ1n) is 7.97. The molecule has 2 amide bonds. The van der Waals surface area contributed by atoms with Crippen molar-refractivity contribution in [3.05, 3.63) is 33.0 Å². The second-order valence-corrected chi connectivity index (χ2v) is 7.66. The molecule has 0 atom stereocenters. The Hall–Kier alpha value is -1.81. The van der Waals surface area contributed by atoms with Crippen LogP contribution in [0.2, 0.25) is 0 Å². The van der Waals surface area contributed by atoms with Crippen LogP contribution in [0.5, 0.6) is 0 Å². The Kier molecular flexibility index (Phi) is 6.14. The zero-order valence-corrected chi connectivity index (χ0v) is 15.5. The summed E-state index contributed by atoms with van der Waals surface area (Å²) in [6.45, 7) is 2.86. The average molecular weight is 380 g/mol. The number of hydrogen-bond donors (Lipinski definition) is 2. The third-order valence-electron chi connectivity index (χ3n) is 3.77. The van der Waals surface area contributed by atoms with Gasteiger partial charge in [-0.05, 0) is 11.4 Å². The molecule has 9 heteroatoms. The minimum absolute atomic E-state index is 0.00348. The first-order valence-corrected chi connectivity index (χ1v) is 9.66. The number of nitrogens with one attached hydrogen (secondary N) is 2. The van der Waals surface area contributed by atoms with E-state index in [-0.39, 0.29) is 11.8 Å². The maximum Gasteiger partial charge on any atom is 0.267 e. The van der Waals surface area contributed by atoms with Gasteiger partial charge in [-0.2, -0.15) is 0 Å². The van der Waals surface area contributed by atoms with E-state index in [0.717, 1.165) is 23.5 Å². The van der Waals surface area contributed by atoms with Crippen molar-refractivity contribution in [1.29, 1.82) is 0 Å². The number of hydrogen-bond acceptors (Lipinski definition) is 7. The maximum atomic E-state index is 12.1. The van der Waals surface area contributed by atoms with E-state index in [1.54, 1.807) is 13.2 Å². The Morgan fingerprint density at radius 2 is 2.32 bits per heavy atom. The van der Waals surface area contributed by atoms with Crippen LogP contribution in [0.4, 0.5) is 5.13 Å². The molecule has 0 spiro atoms. The van der Waals surface area contributed by atoms with Crippen LogP contribution in [0.25, 0.3) is 0 Å². The summed E-state index contributed by atoms with van der Waals surface area (Å²) in [7, 11) is 1.61. The van der Waals surface area contributed by atoms with Gasteiger partial charge in [-0.25, -0.2) is 4.98 Å². The number of anilines is 1. The van der Waals surface area contributed by atoms with Crippen LogP contribution in [0.15, 0.2) is 17.5 Å². The fourth-order valence-electron chi connectivity index (χ4n) is 2.55. The molecule has 0 bridgehead atoms. The number of nitrogens with zero attached hydrogens (tertiary/aromatic N) is 2. The fourth-order valence-corrected chi connectivity index (χ4v) is 4.22. The highest BCUT2D eigenvalue weighted by Gasteiger charge is 2.23. The van der Waals surface area contributed by atoms with E-state index < -0.39 is 0 Å². The monoisotopic (exact) mass is 380 g/mol. The van der Waals surface area contributed by atoms with Crippen LogP contribution in [0.1, 0.15) is 20.2 Å².